The van der Waals surface area contributed by atoms with Crippen molar-refractivity contribution >= 4 is 0 Å². The average molecular weight is 223 g/mol. The van der Waals surface area contributed by atoms with Crippen LogP contribution in [0.25, 0.3) is 0 Å². The minimum Gasteiger partial charge on any atom is -0.396 e. The first kappa shape index (κ1) is 11.6. The molecular weight excluding hydrogens is 202 g/mol. The second-order valence-corrected chi connectivity index (χ2v) is 5.23. The molecule has 1 heterocycles. The molecule has 1 aromatic heterocycles. The second kappa shape index (κ2) is 4.55. The summed E-state index contributed by atoms with van der Waals surface area (Å²) in [6.45, 7) is 5.27. The van der Waals surface area contributed by atoms with Crippen LogP contribution in [0.3, 0.4) is 0 Å². The van der Waals surface area contributed by atoms with Crippen LogP contribution in [0.2, 0.25) is 0 Å². The Bertz CT molecular complexity index is 342. The van der Waals surface area contributed by atoms with Gasteiger partial charge in [-0.05, 0) is 33.1 Å². The number of aliphatic hydroxyl groups is 1. The summed E-state index contributed by atoms with van der Waals surface area (Å²) >= 11 is 0. The summed E-state index contributed by atoms with van der Waals surface area (Å²) in [7, 11) is 0. The van der Waals surface area contributed by atoms with Gasteiger partial charge in [-0.1, -0.05) is 0 Å². The van der Waals surface area contributed by atoms with Crippen LogP contribution < -0.4 is 5.32 Å². The molecular formula is C12H21N3O. The lowest BCUT2D eigenvalue weighted by Crippen LogP contribution is -2.39. The van der Waals surface area contributed by atoms with Crippen LogP contribution in [0, 0.1) is 0 Å². The van der Waals surface area contributed by atoms with Crippen molar-refractivity contribution in [2.24, 2.45) is 0 Å². The average Bonchev–Trinajstić information content (AvgIpc) is 2.95. The maximum atomic E-state index is 8.95. The van der Waals surface area contributed by atoms with E-state index >= 15 is 0 Å². The number of rotatable bonds is 6. The molecule has 2 N–H and O–H groups in total. The molecule has 1 saturated carbocycles. The Labute approximate surface area is 96.7 Å². The van der Waals surface area contributed by atoms with Crippen molar-refractivity contribution in [3.8, 4) is 0 Å². The third-order valence-corrected chi connectivity index (χ3v) is 3.17. The molecule has 0 spiro atoms. The molecule has 0 atom stereocenters. The van der Waals surface area contributed by atoms with Gasteiger partial charge in [0.2, 0.25) is 0 Å². The topological polar surface area (TPSA) is 50.1 Å². The third-order valence-electron chi connectivity index (χ3n) is 3.17. The number of imidazole rings is 1. The molecule has 4 heteroatoms. The fourth-order valence-corrected chi connectivity index (χ4v) is 1.85. The Hall–Kier alpha value is -0.870. The van der Waals surface area contributed by atoms with Crippen molar-refractivity contribution in [1.29, 1.82) is 0 Å². The maximum absolute atomic E-state index is 8.95. The fraction of sp³-hybridized carbons (Fsp3) is 0.750. The molecule has 0 saturated heterocycles. The van der Waals surface area contributed by atoms with E-state index in [0.717, 1.165) is 13.0 Å². The lowest BCUT2D eigenvalue weighted by Gasteiger charge is -2.25. The van der Waals surface area contributed by atoms with Gasteiger partial charge < -0.3 is 15.0 Å². The lowest BCUT2D eigenvalue weighted by molar-refractivity contribution is 0.229. The van der Waals surface area contributed by atoms with Crippen LogP contribution in [0.5, 0.6) is 0 Å². The molecule has 16 heavy (non-hydrogen) atoms. The molecule has 1 aromatic rings. The Balaban J connectivity index is 1.91. The van der Waals surface area contributed by atoms with E-state index in [-0.39, 0.29) is 12.1 Å². The van der Waals surface area contributed by atoms with E-state index in [1.165, 1.54) is 18.5 Å². The zero-order valence-electron chi connectivity index (χ0n) is 10.1. The van der Waals surface area contributed by atoms with Gasteiger partial charge in [0.05, 0.1) is 12.0 Å². The highest BCUT2D eigenvalue weighted by Crippen LogP contribution is 2.35. The molecule has 1 aliphatic rings. The summed E-state index contributed by atoms with van der Waals surface area (Å²) in [5, 5.41) is 12.4. The van der Waals surface area contributed by atoms with Gasteiger partial charge in [-0.15, -0.1) is 0 Å². The first-order valence-electron chi connectivity index (χ1n) is 5.99. The van der Waals surface area contributed by atoms with Gasteiger partial charge in [0.1, 0.15) is 0 Å². The molecule has 0 amide bonds. The van der Waals surface area contributed by atoms with Crippen molar-refractivity contribution in [2.75, 3.05) is 6.61 Å². The smallest absolute Gasteiger partial charge is 0.0951 e. The SMILES string of the molecule is CC(C)(CCO)NCc1cncn1C1CC1. The van der Waals surface area contributed by atoms with Crippen LogP contribution in [0.15, 0.2) is 12.5 Å². The highest BCUT2D eigenvalue weighted by Gasteiger charge is 2.25. The Kier molecular flexibility index (Phi) is 3.30. The van der Waals surface area contributed by atoms with Gasteiger partial charge >= 0.3 is 0 Å². The first-order valence-corrected chi connectivity index (χ1v) is 5.99. The standard InChI is InChI=1S/C12H21N3O/c1-12(2,5-6-16)14-8-11-7-13-9-15(11)10-3-4-10/h7,9-10,14,16H,3-6,8H2,1-2H3. The number of nitrogens with zero attached hydrogens (tertiary/aromatic N) is 2. The maximum Gasteiger partial charge on any atom is 0.0951 e. The predicted molar refractivity (Wildman–Crippen MR) is 63.1 cm³/mol. The van der Waals surface area contributed by atoms with Crippen LogP contribution in [-0.2, 0) is 6.54 Å². The monoisotopic (exact) mass is 223 g/mol. The van der Waals surface area contributed by atoms with E-state index in [2.05, 4.69) is 28.7 Å². The van der Waals surface area contributed by atoms with Crippen LogP contribution in [0.4, 0.5) is 0 Å². The molecule has 0 aromatic carbocycles. The van der Waals surface area contributed by atoms with E-state index in [4.69, 9.17) is 5.11 Å². The van der Waals surface area contributed by atoms with Gasteiger partial charge in [-0.25, -0.2) is 4.98 Å². The molecule has 0 aliphatic heterocycles. The number of aliphatic hydroxyl groups excluding tert-OH is 1. The Morgan fingerprint density at radius 2 is 2.31 bits per heavy atom. The normalized spacial score (nSPS) is 16.7. The summed E-state index contributed by atoms with van der Waals surface area (Å²) in [5.41, 5.74) is 1.22. The molecule has 0 unspecified atom stereocenters. The Morgan fingerprint density at radius 3 is 2.94 bits per heavy atom. The van der Waals surface area contributed by atoms with E-state index in [1.54, 1.807) is 0 Å². The van der Waals surface area contributed by atoms with Gasteiger partial charge in [-0.3, -0.25) is 0 Å². The van der Waals surface area contributed by atoms with Gasteiger partial charge in [0.25, 0.3) is 0 Å². The minimum atomic E-state index is -0.0204. The number of hydrogen-bond acceptors (Lipinski definition) is 3. The van der Waals surface area contributed by atoms with Crippen molar-refractivity contribution < 1.29 is 5.11 Å². The summed E-state index contributed by atoms with van der Waals surface area (Å²) in [5.74, 6) is 0. The predicted octanol–water partition coefficient (Wildman–Crippen LogP) is 1.47. The van der Waals surface area contributed by atoms with Crippen molar-refractivity contribution in [2.45, 2.75) is 51.2 Å². The van der Waals surface area contributed by atoms with E-state index in [1.807, 2.05) is 12.5 Å². The highest BCUT2D eigenvalue weighted by molar-refractivity contribution is 5.04. The van der Waals surface area contributed by atoms with E-state index in [0.29, 0.717) is 6.04 Å². The number of hydrogen-bond donors (Lipinski definition) is 2. The molecule has 4 nitrogen and oxygen atoms in total. The zero-order valence-corrected chi connectivity index (χ0v) is 10.1. The summed E-state index contributed by atoms with van der Waals surface area (Å²) < 4.78 is 2.27. The van der Waals surface area contributed by atoms with Crippen molar-refractivity contribution in [3.63, 3.8) is 0 Å². The number of aromatic nitrogens is 2. The van der Waals surface area contributed by atoms with E-state index < -0.39 is 0 Å². The van der Waals surface area contributed by atoms with Crippen molar-refractivity contribution in [3.05, 3.63) is 18.2 Å². The van der Waals surface area contributed by atoms with Gasteiger partial charge in [-0.2, -0.15) is 0 Å². The summed E-state index contributed by atoms with van der Waals surface area (Å²) in [4.78, 5) is 4.20. The first-order chi connectivity index (χ1) is 7.62. The lowest BCUT2D eigenvalue weighted by atomic mass is 10.0. The third kappa shape index (κ3) is 2.83. The summed E-state index contributed by atoms with van der Waals surface area (Å²) in [6.07, 6.45) is 7.19. The van der Waals surface area contributed by atoms with Crippen LogP contribution in [0.1, 0.15) is 44.8 Å². The molecule has 0 radical (unpaired) electrons. The molecule has 0 bridgehead atoms. The fourth-order valence-electron chi connectivity index (χ4n) is 1.85. The zero-order chi connectivity index (χ0) is 11.6. The molecule has 2 rings (SSSR count). The summed E-state index contributed by atoms with van der Waals surface area (Å²) in [6, 6.07) is 0.681. The largest absolute Gasteiger partial charge is 0.396 e. The molecule has 1 aliphatic carbocycles. The quantitative estimate of drug-likeness (QED) is 0.768. The van der Waals surface area contributed by atoms with Crippen LogP contribution >= 0.6 is 0 Å². The van der Waals surface area contributed by atoms with Gasteiger partial charge in [0.15, 0.2) is 0 Å². The molecule has 1 fully saturated rings. The van der Waals surface area contributed by atoms with Crippen molar-refractivity contribution in [1.82, 2.24) is 14.9 Å². The van der Waals surface area contributed by atoms with Crippen LogP contribution in [-0.4, -0.2) is 26.8 Å². The second-order valence-electron chi connectivity index (χ2n) is 5.23. The Morgan fingerprint density at radius 1 is 1.56 bits per heavy atom. The van der Waals surface area contributed by atoms with Gasteiger partial charge in [0, 0.05) is 30.9 Å². The minimum absolute atomic E-state index is 0.0204. The highest BCUT2D eigenvalue weighted by atomic mass is 16.3. The molecule has 90 valence electrons. The number of nitrogens with one attached hydrogen (secondary N) is 1. The van der Waals surface area contributed by atoms with E-state index in [9.17, 15) is 0 Å².